The minimum Gasteiger partial charge on any atom is -0.761 e. The molecule has 0 saturated heterocycles. The minimum atomic E-state index is -4.46. The second-order valence-electron chi connectivity index (χ2n) is 5.87. The van der Waals surface area contributed by atoms with Crippen LogP contribution < -0.4 is 0 Å². The number of rotatable bonds is 5. The van der Waals surface area contributed by atoms with Crippen molar-refractivity contribution in [2.24, 2.45) is 20.2 Å². The molecule has 8 nitrogen and oxygen atoms in total. The van der Waals surface area contributed by atoms with Gasteiger partial charge in [-0.2, -0.15) is 23.4 Å². The molecule has 0 saturated carbocycles. The van der Waals surface area contributed by atoms with Crippen molar-refractivity contribution < 1.29 is 30.2 Å². The van der Waals surface area contributed by atoms with Gasteiger partial charge in [-0.05, 0) is 32.1 Å². The van der Waals surface area contributed by atoms with Crippen LogP contribution in [0.5, 0.6) is 0 Å². The zero-order valence-corrected chi connectivity index (χ0v) is 17.5. The van der Waals surface area contributed by atoms with Crippen molar-refractivity contribution in [3.8, 4) is 6.07 Å². The zero-order valence-electron chi connectivity index (χ0n) is 16.4. The number of nitrogens with zero attached hydrogens (tertiary/aromatic N) is 8. The van der Waals surface area contributed by atoms with Gasteiger partial charge in [0.05, 0.1) is 5.71 Å². The largest absolute Gasteiger partial charge is 2.00 e. The van der Waals surface area contributed by atoms with Gasteiger partial charge in [0.25, 0.3) is 5.96 Å². The Balaban J connectivity index is 0.00000450. The van der Waals surface area contributed by atoms with E-state index in [0.717, 1.165) is 0 Å². The van der Waals surface area contributed by atoms with E-state index in [1.54, 1.807) is 12.1 Å². The number of guanidine groups is 1. The van der Waals surface area contributed by atoms with Gasteiger partial charge in [0, 0.05) is 25.8 Å². The van der Waals surface area contributed by atoms with Crippen LogP contribution in [-0.2, 0) is 17.1 Å². The van der Waals surface area contributed by atoms with E-state index in [4.69, 9.17) is 10.7 Å². The van der Waals surface area contributed by atoms with Crippen LogP contribution in [0.4, 0.5) is 13.2 Å². The Morgan fingerprint density at radius 1 is 1.20 bits per heavy atom. The smallest absolute Gasteiger partial charge is 0.761 e. The average molecular weight is 459 g/mol. The Kier molecular flexibility index (Phi) is 8.93. The molecule has 2 rings (SSSR count). The molecule has 12 heteroatoms. The van der Waals surface area contributed by atoms with Gasteiger partial charge in [0.2, 0.25) is 0 Å². The number of nitriles is 1. The van der Waals surface area contributed by atoms with Gasteiger partial charge in [-0.15, -0.1) is 10.2 Å². The Bertz CT molecular complexity index is 939. The zero-order chi connectivity index (χ0) is 21.6. The van der Waals surface area contributed by atoms with Crippen molar-refractivity contribution in [2.75, 3.05) is 26.7 Å². The molecule has 1 aliphatic heterocycles. The number of halogens is 3. The molecule has 1 heterocycles. The first-order valence-electron chi connectivity index (χ1n) is 8.65. The number of hydrogen-bond acceptors (Lipinski definition) is 5. The molecule has 0 aromatic rings. The van der Waals surface area contributed by atoms with E-state index in [9.17, 15) is 13.2 Å². The van der Waals surface area contributed by atoms with Gasteiger partial charge in [-0.1, -0.05) is 0 Å². The summed E-state index contributed by atoms with van der Waals surface area (Å²) >= 11 is 0. The SMILES string of the molecule is CCN(CC)C1=CC(=NCC(F)(F)F)C(=NN=C2N=C(C#N)C(=C=[N-])N2C)C=C1.[Fe+2]. The first-order chi connectivity index (χ1) is 13.7. The van der Waals surface area contributed by atoms with Crippen molar-refractivity contribution in [3.63, 3.8) is 0 Å². The van der Waals surface area contributed by atoms with E-state index >= 15 is 0 Å². The van der Waals surface area contributed by atoms with E-state index in [-0.39, 0.29) is 45.9 Å². The number of likely N-dealkylation sites (N-methyl/N-ethyl adjacent to an activating group) is 1. The molecule has 0 aromatic carbocycles. The van der Waals surface area contributed by atoms with Crippen molar-refractivity contribution >= 4 is 29.0 Å². The molecule has 2 aliphatic rings. The Morgan fingerprint density at radius 3 is 2.37 bits per heavy atom. The third-order valence-corrected chi connectivity index (χ3v) is 4.05. The molecule has 1 aliphatic carbocycles. The Labute approximate surface area is 182 Å². The maximum absolute atomic E-state index is 12.7. The molecule has 0 aromatic heterocycles. The third-order valence-electron chi connectivity index (χ3n) is 4.05. The first kappa shape index (κ1) is 25.0. The number of allylic oxidation sites excluding steroid dienone is 4. The van der Waals surface area contributed by atoms with Crippen LogP contribution in [0.2, 0.25) is 0 Å². The fourth-order valence-corrected chi connectivity index (χ4v) is 2.56. The summed E-state index contributed by atoms with van der Waals surface area (Å²) in [6.45, 7) is 3.87. The summed E-state index contributed by atoms with van der Waals surface area (Å²) in [7, 11) is 1.49. The van der Waals surface area contributed by atoms with Gasteiger partial charge in [0.1, 0.15) is 24.0 Å². The van der Waals surface area contributed by atoms with Crippen LogP contribution in [0.25, 0.3) is 5.41 Å². The van der Waals surface area contributed by atoms with E-state index in [0.29, 0.717) is 18.8 Å². The summed E-state index contributed by atoms with van der Waals surface area (Å²) in [4.78, 5) is 10.8. The average Bonchev–Trinajstić information content (AvgIpc) is 3.00. The molecular formula is C18H18F3FeN8+. The van der Waals surface area contributed by atoms with Crippen molar-refractivity contribution in [1.82, 2.24) is 9.80 Å². The summed E-state index contributed by atoms with van der Waals surface area (Å²) in [5.74, 6) is 1.82. The van der Waals surface area contributed by atoms with Gasteiger partial charge in [-0.3, -0.25) is 4.99 Å². The van der Waals surface area contributed by atoms with E-state index < -0.39 is 12.7 Å². The summed E-state index contributed by atoms with van der Waals surface area (Å²) < 4.78 is 38.0. The van der Waals surface area contributed by atoms with Gasteiger partial charge < -0.3 is 15.2 Å². The number of aliphatic imine (C=N–C) groups is 2. The quantitative estimate of drug-likeness (QED) is 0.273. The monoisotopic (exact) mass is 459 g/mol. The van der Waals surface area contributed by atoms with E-state index in [1.807, 2.05) is 24.6 Å². The van der Waals surface area contributed by atoms with Crippen LogP contribution in [0.3, 0.4) is 0 Å². The van der Waals surface area contributed by atoms with Crippen LogP contribution >= 0.6 is 0 Å². The van der Waals surface area contributed by atoms with Crippen LogP contribution in [0.1, 0.15) is 13.8 Å². The predicted octanol–water partition coefficient (Wildman–Crippen LogP) is 2.53. The predicted molar refractivity (Wildman–Crippen MR) is 106 cm³/mol. The second kappa shape index (κ2) is 10.7. The summed E-state index contributed by atoms with van der Waals surface area (Å²) in [6, 6.07) is 1.78. The second-order valence-corrected chi connectivity index (χ2v) is 5.87. The Morgan fingerprint density at radius 2 is 1.87 bits per heavy atom. The molecule has 0 atom stereocenters. The number of alkyl halides is 3. The molecule has 30 heavy (non-hydrogen) atoms. The molecule has 0 unspecified atom stereocenters. The number of hydrogen-bond donors (Lipinski definition) is 0. The molecule has 0 amide bonds. The normalized spacial score (nSPS) is 20.1. The van der Waals surface area contributed by atoms with Crippen LogP contribution in [0.15, 0.2) is 49.8 Å². The fraction of sp³-hybridized carbons (Fsp3) is 0.389. The fourth-order valence-electron chi connectivity index (χ4n) is 2.56. The standard InChI is InChI=1S/C18H18F3N8.Fe/c1-4-29(5-2)12-6-7-13(14(8-12)24-11-18(19,20)21)26-27-17-25-15(9-22)16(10-23)28(17)3;/h6-8H,4-5,11H2,1-3H3;/q-1;+2. The first-order valence-corrected chi connectivity index (χ1v) is 8.65. The van der Waals surface area contributed by atoms with Crippen molar-refractivity contribution in [1.29, 1.82) is 5.26 Å². The summed E-state index contributed by atoms with van der Waals surface area (Å²) in [5.41, 5.74) is 0.768. The molecule has 158 valence electrons. The summed E-state index contributed by atoms with van der Waals surface area (Å²) in [5, 5.41) is 26.0. The Hall–Kier alpha value is -2.99. The molecule has 0 spiro atoms. The van der Waals surface area contributed by atoms with E-state index in [2.05, 4.69) is 20.2 Å². The van der Waals surface area contributed by atoms with Gasteiger partial charge in [-0.25, -0.2) is 5.87 Å². The van der Waals surface area contributed by atoms with Crippen LogP contribution in [0, 0.1) is 11.3 Å². The topological polar surface area (TPSA) is 102 Å². The molecule has 0 fully saturated rings. The maximum atomic E-state index is 12.7. The minimum absolute atomic E-state index is 0. The maximum Gasteiger partial charge on any atom is 2.00 e. The van der Waals surface area contributed by atoms with E-state index in [1.165, 1.54) is 24.1 Å². The van der Waals surface area contributed by atoms with Crippen LogP contribution in [-0.4, -0.2) is 71.6 Å². The van der Waals surface area contributed by atoms with Crippen molar-refractivity contribution in [3.05, 3.63) is 35.0 Å². The third kappa shape index (κ3) is 6.00. The molecule has 0 radical (unpaired) electrons. The summed E-state index contributed by atoms with van der Waals surface area (Å²) in [6.07, 6.45) is 0.301. The molecular weight excluding hydrogens is 441 g/mol. The molecule has 0 N–H and O–H groups in total. The van der Waals surface area contributed by atoms with Gasteiger partial charge >= 0.3 is 23.2 Å². The van der Waals surface area contributed by atoms with Crippen molar-refractivity contribution in [2.45, 2.75) is 20.0 Å². The van der Waals surface area contributed by atoms with Gasteiger partial charge in [0.15, 0.2) is 5.71 Å². The molecule has 0 bridgehead atoms.